The van der Waals surface area contributed by atoms with Gasteiger partial charge in [0.1, 0.15) is 23.9 Å². The van der Waals surface area contributed by atoms with Gasteiger partial charge in [-0.25, -0.2) is 0 Å². The van der Waals surface area contributed by atoms with E-state index < -0.39 is 0 Å². The monoisotopic (exact) mass is 279 g/mol. The minimum absolute atomic E-state index is 0.460. The van der Waals surface area contributed by atoms with Gasteiger partial charge in [0.15, 0.2) is 0 Å². The third-order valence-electron chi connectivity index (χ3n) is 2.89. The maximum Gasteiger partial charge on any atom is 0.138 e. The Morgan fingerprint density at radius 3 is 2.74 bits per heavy atom. The van der Waals surface area contributed by atoms with E-state index in [1.165, 1.54) is 0 Å². The molecule has 1 aromatic carbocycles. The van der Waals surface area contributed by atoms with E-state index in [0.29, 0.717) is 23.9 Å². The van der Waals surface area contributed by atoms with E-state index in [1.54, 1.807) is 0 Å². The molecular formula is C15H18ClNO2. The summed E-state index contributed by atoms with van der Waals surface area (Å²) in [5.41, 5.74) is 2.16. The summed E-state index contributed by atoms with van der Waals surface area (Å²) in [6.07, 6.45) is 0. The Bertz CT molecular complexity index is 563. The van der Waals surface area contributed by atoms with Crippen molar-refractivity contribution in [2.24, 2.45) is 0 Å². The molecule has 0 aliphatic rings. The fraction of sp³-hybridized carbons (Fsp3) is 0.333. The first-order valence-electron chi connectivity index (χ1n) is 6.22. The van der Waals surface area contributed by atoms with Gasteiger partial charge in [0.05, 0.1) is 11.6 Å². The lowest BCUT2D eigenvalue weighted by Crippen LogP contribution is -2.03. The van der Waals surface area contributed by atoms with Crippen LogP contribution in [0, 0.1) is 13.8 Å². The molecular weight excluding hydrogens is 262 g/mol. The second kappa shape index (κ2) is 6.13. The molecule has 0 aliphatic heterocycles. The summed E-state index contributed by atoms with van der Waals surface area (Å²) in [6.45, 7) is 5.11. The molecule has 0 unspecified atom stereocenters. The number of halogens is 1. The van der Waals surface area contributed by atoms with Gasteiger partial charge in [0, 0.05) is 5.56 Å². The highest BCUT2D eigenvalue weighted by molar-refractivity contribution is 6.32. The Morgan fingerprint density at radius 2 is 2.05 bits per heavy atom. The molecule has 4 heteroatoms. The van der Waals surface area contributed by atoms with Crippen molar-refractivity contribution in [1.29, 1.82) is 0 Å². The van der Waals surface area contributed by atoms with Crippen LogP contribution in [0.2, 0.25) is 5.02 Å². The largest absolute Gasteiger partial charge is 0.487 e. The van der Waals surface area contributed by atoms with Gasteiger partial charge in [0.25, 0.3) is 0 Å². The van der Waals surface area contributed by atoms with Crippen molar-refractivity contribution < 1.29 is 9.15 Å². The molecule has 2 rings (SSSR count). The van der Waals surface area contributed by atoms with Gasteiger partial charge in [-0.2, -0.15) is 0 Å². The van der Waals surface area contributed by atoms with E-state index in [4.69, 9.17) is 20.8 Å². The van der Waals surface area contributed by atoms with Crippen molar-refractivity contribution in [3.05, 3.63) is 51.9 Å². The molecule has 0 saturated carbocycles. The number of aryl methyl sites for hydroxylation is 2. The SMILES string of the molecule is CNCc1cc(COc2ccc(C)cc2Cl)c(C)o1. The first-order chi connectivity index (χ1) is 9.10. The lowest BCUT2D eigenvalue weighted by atomic mass is 10.2. The fourth-order valence-corrected chi connectivity index (χ4v) is 2.16. The molecule has 2 aromatic rings. The molecule has 3 nitrogen and oxygen atoms in total. The summed E-state index contributed by atoms with van der Waals surface area (Å²) in [5.74, 6) is 2.49. The van der Waals surface area contributed by atoms with E-state index in [9.17, 15) is 0 Å². The van der Waals surface area contributed by atoms with Crippen LogP contribution in [0.4, 0.5) is 0 Å². The lowest BCUT2D eigenvalue weighted by Gasteiger charge is -2.07. The van der Waals surface area contributed by atoms with Gasteiger partial charge in [0.2, 0.25) is 0 Å². The van der Waals surface area contributed by atoms with Gasteiger partial charge < -0.3 is 14.5 Å². The molecule has 0 fully saturated rings. The smallest absolute Gasteiger partial charge is 0.138 e. The normalized spacial score (nSPS) is 10.7. The standard InChI is InChI=1S/C15H18ClNO2/c1-10-4-5-15(14(16)6-10)18-9-12-7-13(8-17-3)19-11(12)2/h4-7,17H,8-9H2,1-3H3. The van der Waals surface area contributed by atoms with Crippen LogP contribution < -0.4 is 10.1 Å². The summed E-state index contributed by atoms with van der Waals surface area (Å²) < 4.78 is 11.4. The average Bonchev–Trinajstić information content (AvgIpc) is 2.69. The highest BCUT2D eigenvalue weighted by Gasteiger charge is 2.09. The van der Waals surface area contributed by atoms with Crippen LogP contribution >= 0.6 is 11.6 Å². The van der Waals surface area contributed by atoms with Gasteiger partial charge >= 0.3 is 0 Å². The van der Waals surface area contributed by atoms with Crippen molar-refractivity contribution >= 4 is 11.6 Å². The Kier molecular flexibility index (Phi) is 4.51. The van der Waals surface area contributed by atoms with E-state index in [0.717, 1.165) is 22.6 Å². The quantitative estimate of drug-likeness (QED) is 0.903. The predicted octanol–water partition coefficient (Wildman–Crippen LogP) is 3.85. The van der Waals surface area contributed by atoms with Crippen LogP contribution in [0.15, 0.2) is 28.7 Å². The molecule has 0 spiro atoms. The molecule has 0 saturated heterocycles. The summed E-state index contributed by atoms with van der Waals surface area (Å²) >= 11 is 6.13. The van der Waals surface area contributed by atoms with Crippen LogP contribution in [0.1, 0.15) is 22.6 Å². The van der Waals surface area contributed by atoms with Crippen molar-refractivity contribution in [2.75, 3.05) is 7.05 Å². The van der Waals surface area contributed by atoms with Crippen LogP contribution in [-0.2, 0) is 13.2 Å². The molecule has 102 valence electrons. The summed E-state index contributed by atoms with van der Waals surface area (Å²) in [7, 11) is 1.89. The van der Waals surface area contributed by atoms with Crippen molar-refractivity contribution in [3.8, 4) is 5.75 Å². The number of furan rings is 1. The maximum absolute atomic E-state index is 6.13. The van der Waals surface area contributed by atoms with Crippen molar-refractivity contribution in [1.82, 2.24) is 5.32 Å². The number of hydrogen-bond acceptors (Lipinski definition) is 3. The Labute approximate surface area is 118 Å². The fourth-order valence-electron chi connectivity index (χ4n) is 1.87. The third-order valence-corrected chi connectivity index (χ3v) is 3.19. The highest BCUT2D eigenvalue weighted by atomic mass is 35.5. The molecule has 0 atom stereocenters. The van der Waals surface area contributed by atoms with E-state index in [2.05, 4.69) is 5.32 Å². The number of hydrogen-bond donors (Lipinski definition) is 1. The predicted molar refractivity (Wildman–Crippen MR) is 76.7 cm³/mol. The Hall–Kier alpha value is -1.45. The van der Waals surface area contributed by atoms with Crippen LogP contribution in [0.25, 0.3) is 0 Å². The Balaban J connectivity index is 2.05. The first kappa shape index (κ1) is 14.0. The second-order valence-electron chi connectivity index (χ2n) is 4.55. The van der Waals surface area contributed by atoms with Gasteiger partial charge in [-0.15, -0.1) is 0 Å². The molecule has 0 aliphatic carbocycles. The first-order valence-corrected chi connectivity index (χ1v) is 6.59. The molecule has 19 heavy (non-hydrogen) atoms. The van der Waals surface area contributed by atoms with Crippen LogP contribution in [-0.4, -0.2) is 7.05 Å². The number of ether oxygens (including phenoxy) is 1. The average molecular weight is 280 g/mol. The van der Waals surface area contributed by atoms with Gasteiger partial charge in [-0.3, -0.25) is 0 Å². The molecule has 0 radical (unpaired) electrons. The number of benzene rings is 1. The van der Waals surface area contributed by atoms with Gasteiger partial charge in [-0.05, 0) is 44.7 Å². The zero-order valence-electron chi connectivity index (χ0n) is 11.4. The Morgan fingerprint density at radius 1 is 1.26 bits per heavy atom. The minimum atomic E-state index is 0.460. The van der Waals surface area contributed by atoms with Crippen LogP contribution in [0.5, 0.6) is 5.75 Å². The summed E-state index contributed by atoms with van der Waals surface area (Å²) in [5, 5.41) is 3.69. The molecule has 0 bridgehead atoms. The van der Waals surface area contributed by atoms with E-state index in [-0.39, 0.29) is 0 Å². The second-order valence-corrected chi connectivity index (χ2v) is 4.95. The molecule has 0 amide bonds. The summed E-state index contributed by atoms with van der Waals surface area (Å²) in [4.78, 5) is 0. The lowest BCUT2D eigenvalue weighted by molar-refractivity contribution is 0.303. The van der Waals surface area contributed by atoms with E-state index >= 15 is 0 Å². The topological polar surface area (TPSA) is 34.4 Å². The van der Waals surface area contributed by atoms with Gasteiger partial charge in [-0.1, -0.05) is 17.7 Å². The number of nitrogens with one attached hydrogen (secondary N) is 1. The van der Waals surface area contributed by atoms with Crippen molar-refractivity contribution in [2.45, 2.75) is 27.0 Å². The highest BCUT2D eigenvalue weighted by Crippen LogP contribution is 2.26. The molecule has 1 aromatic heterocycles. The number of rotatable bonds is 5. The summed E-state index contributed by atoms with van der Waals surface area (Å²) in [6, 6.07) is 7.77. The maximum atomic E-state index is 6.13. The zero-order valence-corrected chi connectivity index (χ0v) is 12.2. The van der Waals surface area contributed by atoms with Crippen molar-refractivity contribution in [3.63, 3.8) is 0 Å². The zero-order chi connectivity index (χ0) is 13.8. The molecule has 1 heterocycles. The van der Waals surface area contributed by atoms with E-state index in [1.807, 2.05) is 45.2 Å². The third kappa shape index (κ3) is 3.52. The van der Waals surface area contributed by atoms with Crippen LogP contribution in [0.3, 0.4) is 0 Å². The molecule has 1 N–H and O–H groups in total. The minimum Gasteiger partial charge on any atom is -0.487 e.